The number of rotatable bonds is 3. The highest BCUT2D eigenvalue weighted by Crippen LogP contribution is 2.27. The van der Waals surface area contributed by atoms with Gasteiger partial charge in [-0.15, -0.1) is 0 Å². The average molecular weight is 233 g/mol. The maximum absolute atomic E-state index is 13.8. The van der Waals surface area contributed by atoms with E-state index in [0.717, 1.165) is 11.3 Å². The molecule has 1 atom stereocenters. The minimum Gasteiger partial charge on any atom is -0.459 e. The van der Waals surface area contributed by atoms with Gasteiger partial charge in [0.15, 0.2) is 0 Å². The number of aryl methyl sites for hydroxylation is 1. The summed E-state index contributed by atoms with van der Waals surface area (Å²) in [5, 5.41) is 3.08. The van der Waals surface area contributed by atoms with Gasteiger partial charge in [0, 0.05) is 0 Å². The standard InChI is InChI=1S/C14H16FNO/c1-9-4-5-11(12(15)8-9)14-7-6-13(17-14)10(2)16-3/h4-8,10,16H,1-3H3. The van der Waals surface area contributed by atoms with Crippen LogP contribution in [0.2, 0.25) is 0 Å². The van der Waals surface area contributed by atoms with Crippen molar-refractivity contribution in [3.63, 3.8) is 0 Å². The van der Waals surface area contributed by atoms with Gasteiger partial charge in [0.2, 0.25) is 0 Å². The SMILES string of the molecule is CNC(C)c1ccc(-c2ccc(C)cc2F)o1. The fourth-order valence-electron chi connectivity index (χ4n) is 1.69. The van der Waals surface area contributed by atoms with Gasteiger partial charge in [-0.05, 0) is 50.7 Å². The normalized spacial score (nSPS) is 12.7. The second-order valence-corrected chi connectivity index (χ2v) is 4.20. The number of halogens is 1. The Morgan fingerprint density at radius 1 is 1.24 bits per heavy atom. The maximum atomic E-state index is 13.8. The van der Waals surface area contributed by atoms with Gasteiger partial charge in [-0.2, -0.15) is 0 Å². The maximum Gasteiger partial charge on any atom is 0.137 e. The minimum absolute atomic E-state index is 0.122. The third-order valence-electron chi connectivity index (χ3n) is 2.88. The lowest BCUT2D eigenvalue weighted by Gasteiger charge is -2.06. The Kier molecular flexibility index (Phi) is 3.29. The highest BCUT2D eigenvalue weighted by molar-refractivity contribution is 5.59. The molecule has 2 aromatic rings. The van der Waals surface area contributed by atoms with E-state index < -0.39 is 0 Å². The van der Waals surface area contributed by atoms with Crippen LogP contribution in [0.1, 0.15) is 24.3 Å². The van der Waals surface area contributed by atoms with E-state index in [-0.39, 0.29) is 11.9 Å². The van der Waals surface area contributed by atoms with Crippen molar-refractivity contribution in [1.29, 1.82) is 0 Å². The molecule has 3 heteroatoms. The minimum atomic E-state index is -0.247. The number of hydrogen-bond donors (Lipinski definition) is 1. The Morgan fingerprint density at radius 3 is 2.65 bits per heavy atom. The van der Waals surface area contributed by atoms with Crippen molar-refractivity contribution in [3.8, 4) is 11.3 Å². The topological polar surface area (TPSA) is 25.2 Å². The summed E-state index contributed by atoms with van der Waals surface area (Å²) in [4.78, 5) is 0. The number of hydrogen-bond acceptors (Lipinski definition) is 2. The third-order valence-corrected chi connectivity index (χ3v) is 2.88. The molecule has 0 radical (unpaired) electrons. The molecular formula is C14H16FNO. The summed E-state index contributed by atoms with van der Waals surface area (Å²) in [5.74, 6) is 1.13. The van der Waals surface area contributed by atoms with Gasteiger partial charge in [0.25, 0.3) is 0 Å². The molecule has 0 saturated carbocycles. The van der Waals surface area contributed by atoms with E-state index in [4.69, 9.17) is 4.42 Å². The number of benzene rings is 1. The zero-order valence-corrected chi connectivity index (χ0v) is 10.3. The fraction of sp³-hybridized carbons (Fsp3) is 0.286. The van der Waals surface area contributed by atoms with E-state index in [1.54, 1.807) is 12.1 Å². The molecule has 90 valence electrons. The molecule has 1 unspecified atom stereocenters. The second-order valence-electron chi connectivity index (χ2n) is 4.20. The van der Waals surface area contributed by atoms with Crippen LogP contribution in [0.3, 0.4) is 0 Å². The predicted octanol–water partition coefficient (Wildman–Crippen LogP) is 3.67. The Hall–Kier alpha value is -1.61. The van der Waals surface area contributed by atoms with E-state index >= 15 is 0 Å². The fourth-order valence-corrected chi connectivity index (χ4v) is 1.69. The van der Waals surface area contributed by atoms with Crippen LogP contribution in [0.5, 0.6) is 0 Å². The molecule has 0 bridgehead atoms. The lowest BCUT2D eigenvalue weighted by molar-refractivity contribution is 0.456. The van der Waals surface area contributed by atoms with Crippen LogP contribution in [0.15, 0.2) is 34.7 Å². The quantitative estimate of drug-likeness (QED) is 0.875. The first-order chi connectivity index (χ1) is 8.11. The first-order valence-corrected chi connectivity index (χ1v) is 5.65. The molecule has 0 fully saturated rings. The van der Waals surface area contributed by atoms with Gasteiger partial charge in [-0.1, -0.05) is 6.07 Å². The lowest BCUT2D eigenvalue weighted by atomic mass is 10.1. The monoisotopic (exact) mass is 233 g/mol. The highest BCUT2D eigenvalue weighted by atomic mass is 19.1. The zero-order valence-electron chi connectivity index (χ0n) is 10.3. The molecule has 0 aliphatic rings. The van der Waals surface area contributed by atoms with E-state index in [1.807, 2.05) is 33.0 Å². The molecular weight excluding hydrogens is 217 g/mol. The van der Waals surface area contributed by atoms with Gasteiger partial charge in [0.05, 0.1) is 11.6 Å². The summed E-state index contributed by atoms with van der Waals surface area (Å²) >= 11 is 0. The number of furan rings is 1. The molecule has 1 heterocycles. The second kappa shape index (κ2) is 4.72. The summed E-state index contributed by atoms with van der Waals surface area (Å²) in [6.45, 7) is 3.86. The van der Waals surface area contributed by atoms with Crippen molar-refractivity contribution >= 4 is 0 Å². The Bertz CT molecular complexity index is 519. The highest BCUT2D eigenvalue weighted by Gasteiger charge is 2.12. The van der Waals surface area contributed by atoms with Gasteiger partial charge in [-0.3, -0.25) is 0 Å². The Labute approximate surface area is 100 Å². The molecule has 0 aliphatic carbocycles. The van der Waals surface area contributed by atoms with Crippen LogP contribution in [-0.4, -0.2) is 7.05 Å². The van der Waals surface area contributed by atoms with Crippen molar-refractivity contribution in [1.82, 2.24) is 5.32 Å². The molecule has 2 nitrogen and oxygen atoms in total. The molecule has 0 saturated heterocycles. The van der Waals surface area contributed by atoms with E-state index in [1.165, 1.54) is 6.07 Å². The summed E-state index contributed by atoms with van der Waals surface area (Å²) < 4.78 is 19.4. The third kappa shape index (κ3) is 2.39. The van der Waals surface area contributed by atoms with Gasteiger partial charge in [0.1, 0.15) is 17.3 Å². The van der Waals surface area contributed by atoms with Crippen LogP contribution in [0, 0.1) is 12.7 Å². The van der Waals surface area contributed by atoms with Crippen molar-refractivity contribution < 1.29 is 8.81 Å². The number of nitrogens with one attached hydrogen (secondary N) is 1. The molecule has 0 aliphatic heterocycles. The van der Waals surface area contributed by atoms with Crippen LogP contribution in [-0.2, 0) is 0 Å². The van der Waals surface area contributed by atoms with E-state index in [9.17, 15) is 4.39 Å². The van der Waals surface area contributed by atoms with Crippen LogP contribution >= 0.6 is 0 Å². The van der Waals surface area contributed by atoms with Crippen LogP contribution in [0.25, 0.3) is 11.3 Å². The van der Waals surface area contributed by atoms with Gasteiger partial charge in [-0.25, -0.2) is 4.39 Å². The van der Waals surface area contributed by atoms with Crippen LogP contribution < -0.4 is 5.32 Å². The van der Waals surface area contributed by atoms with Crippen molar-refractivity contribution in [2.45, 2.75) is 19.9 Å². The zero-order chi connectivity index (χ0) is 12.4. The lowest BCUT2D eigenvalue weighted by Crippen LogP contribution is -2.11. The Morgan fingerprint density at radius 2 is 2.00 bits per heavy atom. The van der Waals surface area contributed by atoms with E-state index in [0.29, 0.717) is 11.3 Å². The first kappa shape index (κ1) is 11.9. The van der Waals surface area contributed by atoms with Crippen LogP contribution in [0.4, 0.5) is 4.39 Å². The van der Waals surface area contributed by atoms with Crippen molar-refractivity contribution in [3.05, 3.63) is 47.5 Å². The smallest absolute Gasteiger partial charge is 0.137 e. The molecule has 2 rings (SSSR count). The Balaban J connectivity index is 2.37. The van der Waals surface area contributed by atoms with Gasteiger partial charge >= 0.3 is 0 Å². The van der Waals surface area contributed by atoms with Crippen molar-refractivity contribution in [2.24, 2.45) is 0 Å². The molecule has 1 N–H and O–H groups in total. The summed E-state index contributed by atoms with van der Waals surface area (Å²) in [5.41, 5.74) is 1.41. The summed E-state index contributed by atoms with van der Waals surface area (Å²) in [6.07, 6.45) is 0. The molecule has 17 heavy (non-hydrogen) atoms. The van der Waals surface area contributed by atoms with E-state index in [2.05, 4.69) is 5.32 Å². The van der Waals surface area contributed by atoms with Gasteiger partial charge < -0.3 is 9.73 Å². The summed E-state index contributed by atoms with van der Waals surface area (Å²) in [6, 6.07) is 8.93. The predicted molar refractivity (Wildman–Crippen MR) is 66.3 cm³/mol. The average Bonchev–Trinajstić information content (AvgIpc) is 2.77. The van der Waals surface area contributed by atoms with Crippen molar-refractivity contribution in [2.75, 3.05) is 7.05 Å². The summed E-state index contributed by atoms with van der Waals surface area (Å²) in [7, 11) is 1.86. The molecule has 1 aromatic heterocycles. The molecule has 1 aromatic carbocycles. The first-order valence-electron chi connectivity index (χ1n) is 5.65. The molecule has 0 amide bonds. The largest absolute Gasteiger partial charge is 0.459 e. The molecule has 0 spiro atoms.